The number of rotatable bonds is 3. The Labute approximate surface area is 119 Å². The zero-order valence-corrected chi connectivity index (χ0v) is 12.3. The van der Waals surface area contributed by atoms with E-state index in [0.717, 1.165) is 10.1 Å². The molecule has 18 heavy (non-hydrogen) atoms. The molecule has 98 valence electrons. The van der Waals surface area contributed by atoms with Gasteiger partial charge in [0.2, 0.25) is 5.95 Å². The van der Waals surface area contributed by atoms with Crippen molar-refractivity contribution in [2.24, 2.45) is 0 Å². The predicted octanol–water partition coefficient (Wildman–Crippen LogP) is 0.422. The molecule has 0 radical (unpaired) electrons. The molecule has 1 N–H and O–H groups in total. The van der Waals surface area contributed by atoms with Crippen molar-refractivity contribution in [3.05, 3.63) is 16.0 Å². The van der Waals surface area contributed by atoms with Crippen LogP contribution in [0.15, 0.2) is 12.4 Å². The number of piperazine rings is 1. The van der Waals surface area contributed by atoms with E-state index in [0.29, 0.717) is 25.6 Å². The Morgan fingerprint density at radius 1 is 1.61 bits per heavy atom. The molecule has 1 saturated heterocycles. The minimum absolute atomic E-state index is 0.230. The van der Waals surface area contributed by atoms with E-state index in [4.69, 9.17) is 4.74 Å². The predicted molar refractivity (Wildman–Crippen MR) is 75.4 cm³/mol. The smallest absolute Gasteiger partial charge is 0.330 e. The van der Waals surface area contributed by atoms with Gasteiger partial charge in [-0.1, -0.05) is 0 Å². The van der Waals surface area contributed by atoms with Gasteiger partial charge in [-0.2, -0.15) is 0 Å². The number of aromatic nitrogens is 2. The molecule has 6 nitrogen and oxygen atoms in total. The molecule has 1 aliphatic rings. The van der Waals surface area contributed by atoms with Crippen LogP contribution in [0.1, 0.15) is 6.92 Å². The van der Waals surface area contributed by atoms with E-state index < -0.39 is 0 Å². The first-order chi connectivity index (χ1) is 8.72. The lowest BCUT2D eigenvalue weighted by molar-refractivity contribution is -0.144. The summed E-state index contributed by atoms with van der Waals surface area (Å²) in [5, 5.41) is 3.19. The van der Waals surface area contributed by atoms with Crippen LogP contribution >= 0.6 is 22.6 Å². The number of nitrogens with zero attached hydrogens (tertiary/aromatic N) is 3. The highest BCUT2D eigenvalue weighted by Crippen LogP contribution is 2.14. The minimum Gasteiger partial charge on any atom is -0.464 e. The summed E-state index contributed by atoms with van der Waals surface area (Å²) in [7, 11) is 0. The standard InChI is InChI=1S/C11H15IN4O2/c1-2-18-10(17)9-7-13-3-4-16(9)11-14-5-8(12)6-15-11/h5-6,9,13H,2-4,7H2,1H3. The number of hydrogen-bond acceptors (Lipinski definition) is 6. The van der Waals surface area contributed by atoms with Crippen LogP contribution in [0.5, 0.6) is 0 Å². The van der Waals surface area contributed by atoms with Gasteiger partial charge in [0.05, 0.1) is 6.61 Å². The van der Waals surface area contributed by atoms with Crippen molar-refractivity contribution in [2.45, 2.75) is 13.0 Å². The van der Waals surface area contributed by atoms with Gasteiger partial charge in [0, 0.05) is 35.6 Å². The van der Waals surface area contributed by atoms with Crippen molar-refractivity contribution in [3.8, 4) is 0 Å². The Morgan fingerprint density at radius 2 is 2.33 bits per heavy atom. The molecule has 7 heteroatoms. The van der Waals surface area contributed by atoms with Gasteiger partial charge in [-0.3, -0.25) is 0 Å². The molecule has 0 aromatic carbocycles. The van der Waals surface area contributed by atoms with Crippen LogP contribution in [0.2, 0.25) is 0 Å². The fraction of sp³-hybridized carbons (Fsp3) is 0.545. The van der Waals surface area contributed by atoms with Crippen molar-refractivity contribution < 1.29 is 9.53 Å². The highest BCUT2D eigenvalue weighted by Gasteiger charge is 2.31. The number of hydrogen-bond donors (Lipinski definition) is 1. The maximum Gasteiger partial charge on any atom is 0.330 e. The van der Waals surface area contributed by atoms with Crippen molar-refractivity contribution in [1.29, 1.82) is 0 Å². The second kappa shape index (κ2) is 6.28. The molecular formula is C11H15IN4O2. The summed E-state index contributed by atoms with van der Waals surface area (Å²) in [6.45, 7) is 4.26. The van der Waals surface area contributed by atoms with E-state index in [-0.39, 0.29) is 12.0 Å². The molecule has 1 fully saturated rings. The summed E-state index contributed by atoms with van der Waals surface area (Å²) in [6.07, 6.45) is 3.49. The molecule has 1 unspecified atom stereocenters. The van der Waals surface area contributed by atoms with Crippen LogP contribution in [0, 0.1) is 3.57 Å². The van der Waals surface area contributed by atoms with E-state index in [1.165, 1.54) is 0 Å². The average molecular weight is 362 g/mol. The quantitative estimate of drug-likeness (QED) is 0.621. The minimum atomic E-state index is -0.348. The van der Waals surface area contributed by atoms with Crippen molar-refractivity contribution in [1.82, 2.24) is 15.3 Å². The molecule has 1 aromatic heterocycles. The van der Waals surface area contributed by atoms with Gasteiger partial charge >= 0.3 is 5.97 Å². The first-order valence-electron chi connectivity index (χ1n) is 5.84. The second-order valence-electron chi connectivity index (χ2n) is 3.87. The third-order valence-corrected chi connectivity index (χ3v) is 3.22. The van der Waals surface area contributed by atoms with Gasteiger partial charge < -0.3 is 15.0 Å². The number of esters is 1. The maximum absolute atomic E-state index is 11.9. The topological polar surface area (TPSA) is 67.3 Å². The molecular weight excluding hydrogens is 347 g/mol. The van der Waals surface area contributed by atoms with Crippen molar-refractivity contribution in [3.63, 3.8) is 0 Å². The van der Waals surface area contributed by atoms with Crippen LogP contribution in [0.25, 0.3) is 0 Å². The number of carbonyl (C=O) groups excluding carboxylic acids is 1. The molecule has 0 aliphatic carbocycles. The van der Waals surface area contributed by atoms with Crippen LogP contribution < -0.4 is 10.2 Å². The number of nitrogens with one attached hydrogen (secondary N) is 1. The highest BCUT2D eigenvalue weighted by atomic mass is 127. The highest BCUT2D eigenvalue weighted by molar-refractivity contribution is 14.1. The summed E-state index contributed by atoms with van der Waals surface area (Å²) >= 11 is 2.15. The second-order valence-corrected chi connectivity index (χ2v) is 5.11. The molecule has 1 atom stereocenters. The lowest BCUT2D eigenvalue weighted by atomic mass is 10.2. The summed E-state index contributed by atoms with van der Waals surface area (Å²) in [6, 6.07) is -0.348. The largest absolute Gasteiger partial charge is 0.464 e. The molecule has 1 aromatic rings. The van der Waals surface area contributed by atoms with E-state index in [1.54, 1.807) is 19.3 Å². The SMILES string of the molecule is CCOC(=O)C1CNCCN1c1ncc(I)cn1. The third kappa shape index (κ3) is 3.08. The molecule has 1 aliphatic heterocycles. The fourth-order valence-electron chi connectivity index (χ4n) is 1.85. The first kappa shape index (κ1) is 13.5. The first-order valence-corrected chi connectivity index (χ1v) is 6.91. The molecule has 0 saturated carbocycles. The Kier molecular flexibility index (Phi) is 4.70. The molecule has 2 heterocycles. The van der Waals surface area contributed by atoms with Crippen LogP contribution in [0.4, 0.5) is 5.95 Å². The third-order valence-electron chi connectivity index (χ3n) is 2.67. The zero-order valence-electron chi connectivity index (χ0n) is 10.1. The summed E-state index contributed by atoms with van der Waals surface area (Å²) in [5.41, 5.74) is 0. The van der Waals surface area contributed by atoms with Crippen molar-refractivity contribution in [2.75, 3.05) is 31.1 Å². The van der Waals surface area contributed by atoms with Gasteiger partial charge in [0.15, 0.2) is 0 Å². The summed E-state index contributed by atoms with van der Waals surface area (Å²) in [4.78, 5) is 22.3. The van der Waals surface area contributed by atoms with Gasteiger partial charge in [0.1, 0.15) is 6.04 Å². The Hall–Kier alpha value is -0.960. The zero-order chi connectivity index (χ0) is 13.0. The van der Waals surface area contributed by atoms with Gasteiger partial charge in [-0.15, -0.1) is 0 Å². The van der Waals surface area contributed by atoms with Crippen LogP contribution in [0.3, 0.4) is 0 Å². The molecule has 0 bridgehead atoms. The molecule has 0 amide bonds. The number of halogens is 1. The van der Waals surface area contributed by atoms with Gasteiger partial charge in [0.25, 0.3) is 0 Å². The number of ether oxygens (including phenoxy) is 1. The number of carbonyl (C=O) groups is 1. The van der Waals surface area contributed by atoms with Gasteiger partial charge in [-0.25, -0.2) is 14.8 Å². The fourth-order valence-corrected chi connectivity index (χ4v) is 2.13. The van der Waals surface area contributed by atoms with E-state index >= 15 is 0 Å². The number of anilines is 1. The molecule has 0 spiro atoms. The normalized spacial score (nSPS) is 19.7. The van der Waals surface area contributed by atoms with Gasteiger partial charge in [-0.05, 0) is 29.5 Å². The Bertz CT molecular complexity index is 412. The Balaban J connectivity index is 2.17. The lowest BCUT2D eigenvalue weighted by Crippen LogP contribution is -2.56. The lowest BCUT2D eigenvalue weighted by Gasteiger charge is -2.34. The Morgan fingerprint density at radius 3 is 3.00 bits per heavy atom. The average Bonchev–Trinajstić information content (AvgIpc) is 2.40. The summed E-state index contributed by atoms with van der Waals surface area (Å²) < 4.78 is 6.05. The van der Waals surface area contributed by atoms with Crippen molar-refractivity contribution >= 4 is 34.5 Å². The van der Waals surface area contributed by atoms with E-state index in [2.05, 4.69) is 37.9 Å². The summed E-state index contributed by atoms with van der Waals surface area (Å²) in [5.74, 6) is 0.349. The van der Waals surface area contributed by atoms with Crippen LogP contribution in [-0.4, -0.2) is 48.2 Å². The van der Waals surface area contributed by atoms with Crippen LogP contribution in [-0.2, 0) is 9.53 Å². The van der Waals surface area contributed by atoms with E-state index in [9.17, 15) is 4.79 Å². The monoisotopic (exact) mass is 362 g/mol. The van der Waals surface area contributed by atoms with E-state index in [1.807, 2.05) is 4.90 Å². The maximum atomic E-state index is 11.9. The molecule has 2 rings (SSSR count).